The van der Waals surface area contributed by atoms with Crippen molar-refractivity contribution in [2.75, 3.05) is 0 Å². The molecule has 4 heteroatoms. The third-order valence-electron chi connectivity index (χ3n) is 22.4. The van der Waals surface area contributed by atoms with Gasteiger partial charge in [0.25, 0.3) is 0 Å². The molecule has 4 fully saturated rings. The van der Waals surface area contributed by atoms with Crippen LogP contribution in [0.15, 0.2) is 255 Å². The number of allylic oxidation sites excluding steroid dienone is 4. The Kier molecular flexibility index (Phi) is 9.26. The summed E-state index contributed by atoms with van der Waals surface area (Å²) in [5.74, 6) is 0.830. The van der Waals surface area contributed by atoms with Crippen LogP contribution in [0.5, 0.6) is 0 Å². The quantitative estimate of drug-likeness (QED) is 0.141. The third kappa shape index (κ3) is 4.95. The van der Waals surface area contributed by atoms with Gasteiger partial charge >= 0.3 is 0 Å². The maximum absolute atomic E-state index is 7.98. The minimum atomic E-state index is -2.62. The Morgan fingerprint density at radius 2 is 0.436 bits per heavy atom. The molecule has 8 bridgehead atoms. The smallest absolute Gasteiger partial charge is 0.0878 e. The van der Waals surface area contributed by atoms with Crippen molar-refractivity contribution >= 4 is 38.4 Å². The Labute approximate surface area is 461 Å². The second kappa shape index (κ2) is 15.8. The molecule has 8 heterocycles. The standard InChI is InChI=1S/C74H62O2Si2/c1-77(2)71(51-37-21-9-22-38-51)59(47-29-13-5-14-30-47)60(48-31-15-6-16-32-48)72(77,52-39-23-10-24-40-52)64-63(71)67-55-45-57-58(46-56(55)68(64)75-67)70-66-65(69(57)76-70)73(53-41-25-11-26-42-53)61(49-33-17-7-18-34-49)62(50-35-19-8-20-36-50)74(66,78(73,3)4)54-43-27-12-28-44-54/h5-46,63-70H,1-4H3/t63-,64+,65-,66+,67+,68-,69+,70-,71+,72-,73+,74-. The first-order chi connectivity index (χ1) is 38.3. The molecule has 4 saturated heterocycles. The van der Waals surface area contributed by atoms with E-state index < -0.39 is 16.1 Å². The maximum atomic E-state index is 7.98. The average molecular weight is 1040 g/mol. The van der Waals surface area contributed by atoms with Crippen LogP contribution in [0, 0.1) is 23.7 Å². The van der Waals surface area contributed by atoms with Gasteiger partial charge in [-0.15, -0.1) is 0 Å². The topological polar surface area (TPSA) is 18.5 Å². The maximum Gasteiger partial charge on any atom is 0.0878 e. The molecule has 9 aromatic carbocycles. The minimum Gasteiger partial charge on any atom is -0.365 e. The molecule has 0 unspecified atom stereocenters. The van der Waals surface area contributed by atoms with E-state index in [9.17, 15) is 0 Å². The van der Waals surface area contributed by atoms with E-state index in [0.717, 1.165) is 0 Å². The monoisotopic (exact) mass is 1040 g/mol. The Balaban J connectivity index is 0.941. The number of benzene rings is 9. The van der Waals surface area contributed by atoms with Gasteiger partial charge in [0.2, 0.25) is 0 Å². The molecule has 0 aliphatic carbocycles. The summed E-state index contributed by atoms with van der Waals surface area (Å²) in [5.41, 5.74) is 22.9. The molecule has 0 amide bonds. The van der Waals surface area contributed by atoms with Crippen molar-refractivity contribution in [3.8, 4) is 0 Å². The molecule has 8 aliphatic rings. The van der Waals surface area contributed by atoms with Crippen molar-refractivity contribution in [3.05, 3.63) is 322 Å². The van der Waals surface area contributed by atoms with Gasteiger partial charge in [-0.2, -0.15) is 0 Å². The summed E-state index contributed by atoms with van der Waals surface area (Å²) in [5, 5.41) is -1.16. The molecule has 17 rings (SSSR count). The molecule has 9 aromatic rings. The lowest BCUT2D eigenvalue weighted by Gasteiger charge is -2.48. The molecule has 0 aromatic heterocycles. The number of fused-ring (bicyclic) bond motifs is 24. The Bertz CT molecular complexity index is 3450. The average Bonchev–Trinajstić information content (AvgIpc) is 1.89. The fourth-order valence-electron chi connectivity index (χ4n) is 20.6. The Hall–Kier alpha value is -7.19. The first-order valence-electron chi connectivity index (χ1n) is 28.7. The van der Waals surface area contributed by atoms with E-state index in [1.54, 1.807) is 0 Å². The molecule has 0 N–H and O–H groups in total. The molecular weight excluding hydrogens is 977 g/mol. The lowest BCUT2D eigenvalue weighted by Crippen LogP contribution is -2.57. The zero-order valence-corrected chi connectivity index (χ0v) is 46.7. The molecule has 2 nitrogen and oxygen atoms in total. The van der Waals surface area contributed by atoms with Crippen LogP contribution in [0.1, 0.15) is 91.2 Å². The fourth-order valence-corrected chi connectivity index (χ4v) is 33.6. The van der Waals surface area contributed by atoms with Crippen molar-refractivity contribution in [1.82, 2.24) is 0 Å². The van der Waals surface area contributed by atoms with E-state index in [2.05, 4.69) is 281 Å². The molecule has 12 atom stereocenters. The summed E-state index contributed by atoms with van der Waals surface area (Å²) in [6.07, 6.45) is -0.341. The van der Waals surface area contributed by atoms with Crippen LogP contribution < -0.4 is 0 Å². The van der Waals surface area contributed by atoms with Crippen LogP contribution in [0.3, 0.4) is 0 Å². The van der Waals surface area contributed by atoms with E-state index in [0.29, 0.717) is 0 Å². The van der Waals surface area contributed by atoms with Crippen LogP contribution >= 0.6 is 0 Å². The predicted octanol–water partition coefficient (Wildman–Crippen LogP) is 17.0. The van der Waals surface area contributed by atoms with Crippen molar-refractivity contribution in [1.29, 1.82) is 0 Å². The Morgan fingerprint density at radius 1 is 0.256 bits per heavy atom. The van der Waals surface area contributed by atoms with Gasteiger partial charge in [0.15, 0.2) is 0 Å². The van der Waals surface area contributed by atoms with E-state index in [4.69, 9.17) is 9.47 Å². The van der Waals surface area contributed by atoms with Crippen molar-refractivity contribution in [2.24, 2.45) is 23.7 Å². The first-order valence-corrected chi connectivity index (χ1v) is 34.7. The highest BCUT2D eigenvalue weighted by Gasteiger charge is 2.88. The van der Waals surface area contributed by atoms with Gasteiger partial charge in [-0.25, -0.2) is 0 Å². The second-order valence-corrected chi connectivity index (χ2v) is 34.7. The number of ether oxygens (including phenoxy) is 2. The summed E-state index contributed by atoms with van der Waals surface area (Å²) < 4.78 is 16.0. The van der Waals surface area contributed by atoms with E-state index in [-0.39, 0.29) is 68.2 Å². The summed E-state index contributed by atoms with van der Waals surface area (Å²) in [6.45, 7) is 11.1. The number of hydrogen-bond donors (Lipinski definition) is 0. The zero-order chi connectivity index (χ0) is 52.0. The molecule has 8 aliphatic heterocycles. The molecule has 78 heavy (non-hydrogen) atoms. The van der Waals surface area contributed by atoms with Crippen molar-refractivity contribution in [2.45, 2.75) is 70.8 Å². The summed E-state index contributed by atoms with van der Waals surface area (Å²) in [7, 11) is -5.25. The van der Waals surface area contributed by atoms with Gasteiger partial charge in [0.05, 0.1) is 40.6 Å². The first kappa shape index (κ1) is 45.8. The lowest BCUT2D eigenvalue weighted by molar-refractivity contribution is 0.0437. The zero-order valence-electron chi connectivity index (χ0n) is 44.7. The minimum absolute atomic E-state index is 0.0853. The van der Waals surface area contributed by atoms with Gasteiger partial charge in [0.1, 0.15) is 0 Å². The van der Waals surface area contributed by atoms with E-state index >= 15 is 0 Å². The predicted molar refractivity (Wildman–Crippen MR) is 320 cm³/mol. The van der Waals surface area contributed by atoms with Crippen LogP contribution in [0.4, 0.5) is 0 Å². The van der Waals surface area contributed by atoms with Gasteiger partial charge in [0, 0.05) is 43.8 Å². The van der Waals surface area contributed by atoms with Gasteiger partial charge in [-0.3, -0.25) is 0 Å². The largest absolute Gasteiger partial charge is 0.365 e. The third-order valence-corrected chi connectivity index (χ3v) is 33.7. The van der Waals surface area contributed by atoms with E-state index in [1.165, 1.54) is 89.1 Å². The van der Waals surface area contributed by atoms with Crippen molar-refractivity contribution < 1.29 is 9.47 Å². The molecular formula is C74H62O2Si2. The molecule has 0 radical (unpaired) electrons. The lowest BCUT2D eigenvalue weighted by atomic mass is 9.52. The Morgan fingerprint density at radius 3 is 0.628 bits per heavy atom. The van der Waals surface area contributed by atoms with Gasteiger partial charge < -0.3 is 9.47 Å². The van der Waals surface area contributed by atoms with Gasteiger partial charge in [-0.1, -0.05) is 269 Å². The van der Waals surface area contributed by atoms with Crippen LogP contribution in [-0.2, 0) is 29.6 Å². The summed E-state index contributed by atoms with van der Waals surface area (Å²) in [4.78, 5) is 0. The second-order valence-electron chi connectivity index (χ2n) is 25.1. The van der Waals surface area contributed by atoms with Crippen LogP contribution in [0.25, 0.3) is 22.3 Å². The van der Waals surface area contributed by atoms with Crippen LogP contribution in [-0.4, -0.2) is 16.1 Å². The normalized spacial score (nSPS) is 33.1. The van der Waals surface area contributed by atoms with Crippen molar-refractivity contribution in [3.63, 3.8) is 0 Å². The highest BCUT2D eigenvalue weighted by Crippen LogP contribution is 2.88. The van der Waals surface area contributed by atoms with E-state index in [1.807, 2.05) is 0 Å². The van der Waals surface area contributed by atoms with Crippen LogP contribution in [0.2, 0.25) is 26.2 Å². The molecule has 378 valence electrons. The SMILES string of the molecule is C[Si]1(C)[C@]2(c3ccccc3)C(c3ccccc3)=C(c3ccccc3)[C@@]1(c1ccccc1)[C@@H]1[C@H]2[C@@H]2O[C@H]1c1cc3c(cc12)[C@H]1O[C@@H]3[C@H]2[C@@H]1[C@@]1(c3ccccc3)C(c3ccccc3)=C(c3ccccc3)[C@]2(c2ccccc2)[Si]1(C)C. The highest BCUT2D eigenvalue weighted by molar-refractivity contribution is 6.91. The fraction of sp³-hybridized carbons (Fsp3) is 0.216. The number of hydrogen-bond acceptors (Lipinski definition) is 2. The summed E-state index contributed by atoms with van der Waals surface area (Å²) in [6, 6.07) is 98.7. The summed E-state index contributed by atoms with van der Waals surface area (Å²) >= 11 is 0. The molecule has 0 saturated carbocycles. The highest BCUT2D eigenvalue weighted by atomic mass is 28.3. The molecule has 0 spiro atoms. The van der Waals surface area contributed by atoms with Gasteiger partial charge in [-0.05, 0) is 101 Å². The number of rotatable bonds is 8.